The number of rotatable bonds is 1. The van der Waals surface area contributed by atoms with E-state index in [-0.39, 0.29) is 0 Å². The van der Waals surface area contributed by atoms with E-state index in [1.807, 2.05) is 0 Å². The van der Waals surface area contributed by atoms with Crippen LogP contribution in [0.1, 0.15) is 52.9 Å². The van der Waals surface area contributed by atoms with Crippen LogP contribution in [0.4, 0.5) is 0 Å². The third-order valence-corrected chi connectivity index (χ3v) is 6.01. The summed E-state index contributed by atoms with van der Waals surface area (Å²) in [5.41, 5.74) is 2.90. The SMILES string of the molecule is CC(C)(C)N1[NH2+]C1C1C2CC3CC(C2)CC1C3. The van der Waals surface area contributed by atoms with Crippen molar-refractivity contribution in [3.63, 3.8) is 0 Å². The van der Waals surface area contributed by atoms with Crippen molar-refractivity contribution in [3.8, 4) is 0 Å². The maximum Gasteiger partial charge on any atom is 0.206 e. The average Bonchev–Trinajstić information content (AvgIpc) is 2.94. The van der Waals surface area contributed by atoms with Crippen LogP contribution < -0.4 is 5.43 Å². The molecule has 4 saturated carbocycles. The second-order valence-electron chi connectivity index (χ2n) is 8.23. The maximum atomic E-state index is 2.64. The molecule has 0 radical (unpaired) electrons. The average molecular weight is 235 g/mol. The van der Waals surface area contributed by atoms with E-state index >= 15 is 0 Å². The molecular weight excluding hydrogens is 208 g/mol. The quantitative estimate of drug-likeness (QED) is 0.544. The van der Waals surface area contributed by atoms with E-state index in [4.69, 9.17) is 0 Å². The van der Waals surface area contributed by atoms with Gasteiger partial charge in [-0.25, -0.2) is 5.43 Å². The van der Waals surface area contributed by atoms with Crippen LogP contribution in [-0.2, 0) is 0 Å². The molecular formula is C15H27N2+. The molecule has 4 bridgehead atoms. The van der Waals surface area contributed by atoms with E-state index in [1.54, 1.807) is 32.1 Å². The zero-order valence-electron chi connectivity index (χ0n) is 11.5. The molecule has 2 atom stereocenters. The van der Waals surface area contributed by atoms with Gasteiger partial charge in [0.25, 0.3) is 0 Å². The summed E-state index contributed by atoms with van der Waals surface area (Å²) < 4.78 is 0. The lowest BCUT2D eigenvalue weighted by atomic mass is 9.51. The van der Waals surface area contributed by atoms with Crippen LogP contribution in [-0.4, -0.2) is 16.7 Å². The monoisotopic (exact) mass is 235 g/mol. The molecule has 2 heteroatoms. The van der Waals surface area contributed by atoms with Gasteiger partial charge in [-0.05, 0) is 76.5 Å². The van der Waals surface area contributed by atoms with E-state index in [0.717, 1.165) is 35.8 Å². The summed E-state index contributed by atoms with van der Waals surface area (Å²) in [5, 5.41) is 2.64. The molecule has 5 aliphatic rings. The Labute approximate surface area is 105 Å². The molecule has 4 aliphatic carbocycles. The van der Waals surface area contributed by atoms with Gasteiger partial charge in [0.1, 0.15) is 0 Å². The Balaban J connectivity index is 1.53. The minimum absolute atomic E-state index is 0.360. The molecule has 2 unspecified atom stereocenters. The Morgan fingerprint density at radius 3 is 1.82 bits per heavy atom. The summed E-state index contributed by atoms with van der Waals surface area (Å²) in [4.78, 5) is 0. The molecule has 0 spiro atoms. The highest BCUT2D eigenvalue weighted by molar-refractivity contribution is 5.01. The van der Waals surface area contributed by atoms with E-state index in [9.17, 15) is 0 Å². The van der Waals surface area contributed by atoms with Gasteiger partial charge in [0.05, 0.1) is 5.54 Å². The van der Waals surface area contributed by atoms with Crippen molar-refractivity contribution in [1.29, 1.82) is 0 Å². The molecule has 0 amide bonds. The summed E-state index contributed by atoms with van der Waals surface area (Å²) in [6.07, 6.45) is 8.70. The van der Waals surface area contributed by atoms with Gasteiger partial charge in [0.2, 0.25) is 6.17 Å². The molecule has 17 heavy (non-hydrogen) atoms. The molecule has 96 valence electrons. The third-order valence-electron chi connectivity index (χ3n) is 6.01. The van der Waals surface area contributed by atoms with Gasteiger partial charge < -0.3 is 0 Å². The molecule has 0 aromatic carbocycles. The number of nitrogens with zero attached hydrogens (tertiary/aromatic N) is 1. The fraction of sp³-hybridized carbons (Fsp3) is 1.00. The first-order valence-corrected chi connectivity index (χ1v) is 7.66. The summed E-state index contributed by atoms with van der Waals surface area (Å²) in [5.74, 6) is 5.44. The zero-order valence-corrected chi connectivity index (χ0v) is 11.5. The first kappa shape index (κ1) is 10.8. The number of nitrogens with two attached hydrogens (primary N) is 1. The second kappa shape index (κ2) is 3.27. The molecule has 2 nitrogen and oxygen atoms in total. The largest absolute Gasteiger partial charge is 0.241 e. The lowest BCUT2D eigenvalue weighted by molar-refractivity contribution is -0.603. The van der Waals surface area contributed by atoms with Crippen molar-refractivity contribution in [3.05, 3.63) is 0 Å². The lowest BCUT2D eigenvalue weighted by Gasteiger charge is -2.53. The van der Waals surface area contributed by atoms with Gasteiger partial charge in [0, 0.05) is 5.92 Å². The van der Waals surface area contributed by atoms with Crippen LogP contribution in [0.2, 0.25) is 0 Å². The third kappa shape index (κ3) is 1.60. The normalized spacial score (nSPS) is 56.3. The summed E-state index contributed by atoms with van der Waals surface area (Å²) in [6, 6.07) is 0. The van der Waals surface area contributed by atoms with Crippen LogP contribution in [0.25, 0.3) is 0 Å². The van der Waals surface area contributed by atoms with E-state index in [0.29, 0.717) is 5.54 Å². The van der Waals surface area contributed by atoms with E-state index in [1.165, 1.54) is 0 Å². The molecule has 1 saturated heterocycles. The van der Waals surface area contributed by atoms with Crippen molar-refractivity contribution in [1.82, 2.24) is 5.01 Å². The lowest BCUT2D eigenvalue weighted by Crippen LogP contribution is -2.69. The fourth-order valence-corrected chi connectivity index (χ4v) is 5.61. The Bertz CT molecular complexity index is 302. The highest BCUT2D eigenvalue weighted by Crippen LogP contribution is 2.58. The van der Waals surface area contributed by atoms with Gasteiger partial charge >= 0.3 is 0 Å². The summed E-state index contributed by atoms with van der Waals surface area (Å²) in [6.45, 7) is 7.08. The van der Waals surface area contributed by atoms with E-state index in [2.05, 4.69) is 31.2 Å². The summed E-state index contributed by atoms with van der Waals surface area (Å²) >= 11 is 0. The Morgan fingerprint density at radius 2 is 1.41 bits per heavy atom. The van der Waals surface area contributed by atoms with Crippen LogP contribution in [0.5, 0.6) is 0 Å². The smallest absolute Gasteiger partial charge is 0.206 e. The van der Waals surface area contributed by atoms with Gasteiger partial charge in [-0.3, -0.25) is 0 Å². The van der Waals surface area contributed by atoms with Crippen molar-refractivity contribution in [2.24, 2.45) is 29.6 Å². The Kier molecular flexibility index (Phi) is 2.08. The van der Waals surface area contributed by atoms with Gasteiger partial charge in [-0.2, -0.15) is 0 Å². The van der Waals surface area contributed by atoms with Crippen LogP contribution in [0.15, 0.2) is 0 Å². The predicted octanol–water partition coefficient (Wildman–Crippen LogP) is 1.98. The second-order valence-corrected chi connectivity index (χ2v) is 8.23. The summed E-state index contributed by atoms with van der Waals surface area (Å²) in [7, 11) is 0. The van der Waals surface area contributed by atoms with E-state index < -0.39 is 0 Å². The minimum atomic E-state index is 0.360. The van der Waals surface area contributed by atoms with Gasteiger partial charge in [-0.15, -0.1) is 0 Å². The first-order chi connectivity index (χ1) is 8.02. The number of quaternary nitrogens is 1. The van der Waals surface area contributed by atoms with Gasteiger partial charge in [0.15, 0.2) is 0 Å². The van der Waals surface area contributed by atoms with Crippen LogP contribution in [0, 0.1) is 29.6 Å². The molecule has 2 N–H and O–H groups in total. The molecule has 5 rings (SSSR count). The molecule has 1 heterocycles. The molecule has 0 aromatic heterocycles. The Hall–Kier alpha value is -0.0800. The minimum Gasteiger partial charge on any atom is -0.241 e. The van der Waals surface area contributed by atoms with Crippen molar-refractivity contribution >= 4 is 0 Å². The zero-order chi connectivity index (χ0) is 11.8. The van der Waals surface area contributed by atoms with Crippen LogP contribution in [0.3, 0.4) is 0 Å². The molecule has 1 aliphatic heterocycles. The standard InChI is InChI=1S/C15H26N2/c1-15(2,3)17-14(16-17)13-11-5-9-4-10(7-11)8-12(13)6-9/h9-14,16H,4-8H2,1-3H3/p+1. The number of hydrogen-bond acceptors (Lipinski definition) is 1. The van der Waals surface area contributed by atoms with Crippen molar-refractivity contribution in [2.45, 2.75) is 64.6 Å². The van der Waals surface area contributed by atoms with Crippen molar-refractivity contribution < 1.29 is 5.43 Å². The number of hydrogen-bond donors (Lipinski definition) is 1. The highest BCUT2D eigenvalue weighted by atomic mass is 15.8. The first-order valence-electron chi connectivity index (χ1n) is 7.66. The fourth-order valence-electron chi connectivity index (χ4n) is 5.61. The topological polar surface area (TPSA) is 19.6 Å². The van der Waals surface area contributed by atoms with Crippen LogP contribution >= 0.6 is 0 Å². The molecule has 0 aromatic rings. The van der Waals surface area contributed by atoms with Crippen molar-refractivity contribution in [2.75, 3.05) is 0 Å². The maximum absolute atomic E-state index is 2.64. The predicted molar refractivity (Wildman–Crippen MR) is 67.8 cm³/mol. The highest BCUT2D eigenvalue weighted by Gasteiger charge is 2.61. The Morgan fingerprint density at radius 1 is 0.882 bits per heavy atom. The molecule has 5 fully saturated rings. The van der Waals surface area contributed by atoms with Gasteiger partial charge in [-0.1, -0.05) is 5.01 Å².